The average molecular weight is 303 g/mol. The van der Waals surface area contributed by atoms with Crippen LogP contribution in [0.2, 0.25) is 19.6 Å². The van der Waals surface area contributed by atoms with E-state index < -0.39 is 14.0 Å². The fourth-order valence-electron chi connectivity index (χ4n) is 1.81. The van der Waals surface area contributed by atoms with E-state index in [1.807, 2.05) is 12.1 Å². The van der Waals surface area contributed by atoms with Crippen molar-refractivity contribution < 1.29 is 9.90 Å². The van der Waals surface area contributed by atoms with Crippen LogP contribution in [0.4, 0.5) is 0 Å². The first kappa shape index (κ1) is 17.5. The second-order valence-corrected chi connectivity index (χ2v) is 11.0. The van der Waals surface area contributed by atoms with E-state index in [0.29, 0.717) is 6.54 Å². The number of benzene rings is 1. The van der Waals surface area contributed by atoms with E-state index in [4.69, 9.17) is 5.11 Å². The van der Waals surface area contributed by atoms with E-state index in [2.05, 4.69) is 55.1 Å². The standard InChI is InChI=1S/C17H25NO2Si/c1-5-18(12-10-17(19)20)14-16-8-6-15(7-9-16)11-13-21(2,3)4/h6-9H,5,10,12,14H2,1-4H3,(H,19,20). The Balaban J connectivity index is 2.64. The fraction of sp³-hybridized carbons (Fsp3) is 0.471. The summed E-state index contributed by atoms with van der Waals surface area (Å²) in [5.74, 6) is 2.49. The minimum Gasteiger partial charge on any atom is -0.481 e. The molecule has 114 valence electrons. The lowest BCUT2D eigenvalue weighted by Crippen LogP contribution is -2.25. The summed E-state index contributed by atoms with van der Waals surface area (Å²) in [6.07, 6.45) is 0.188. The maximum atomic E-state index is 10.6. The maximum absolute atomic E-state index is 10.6. The second kappa shape index (κ2) is 8.01. The lowest BCUT2D eigenvalue weighted by Gasteiger charge is -2.19. The van der Waals surface area contributed by atoms with Gasteiger partial charge in [-0.2, -0.15) is 0 Å². The molecule has 0 amide bonds. The van der Waals surface area contributed by atoms with Crippen molar-refractivity contribution in [2.24, 2.45) is 0 Å². The molecule has 0 bridgehead atoms. The summed E-state index contributed by atoms with van der Waals surface area (Å²) in [5.41, 5.74) is 5.60. The molecular formula is C17H25NO2Si. The van der Waals surface area contributed by atoms with Gasteiger partial charge in [0.25, 0.3) is 0 Å². The Kier molecular flexibility index (Phi) is 6.67. The summed E-state index contributed by atoms with van der Waals surface area (Å²) >= 11 is 0. The van der Waals surface area contributed by atoms with Gasteiger partial charge in [0.1, 0.15) is 8.07 Å². The molecule has 0 saturated carbocycles. The Bertz CT molecular complexity index is 520. The highest BCUT2D eigenvalue weighted by atomic mass is 28.3. The van der Waals surface area contributed by atoms with Gasteiger partial charge in [-0.1, -0.05) is 44.6 Å². The van der Waals surface area contributed by atoms with Crippen molar-refractivity contribution in [2.75, 3.05) is 13.1 Å². The van der Waals surface area contributed by atoms with E-state index >= 15 is 0 Å². The summed E-state index contributed by atoms with van der Waals surface area (Å²) in [6.45, 7) is 11.0. The van der Waals surface area contributed by atoms with Crippen molar-refractivity contribution in [2.45, 2.75) is 39.5 Å². The van der Waals surface area contributed by atoms with Crippen LogP contribution in [-0.2, 0) is 11.3 Å². The number of nitrogens with zero attached hydrogens (tertiary/aromatic N) is 1. The molecule has 0 saturated heterocycles. The smallest absolute Gasteiger partial charge is 0.304 e. The van der Waals surface area contributed by atoms with Crippen molar-refractivity contribution in [3.8, 4) is 11.5 Å². The van der Waals surface area contributed by atoms with Crippen molar-refractivity contribution in [3.05, 3.63) is 35.4 Å². The van der Waals surface area contributed by atoms with Gasteiger partial charge in [0.05, 0.1) is 6.42 Å². The number of hydrogen-bond acceptors (Lipinski definition) is 2. The normalized spacial score (nSPS) is 11.1. The highest BCUT2D eigenvalue weighted by molar-refractivity contribution is 6.83. The molecule has 0 aromatic heterocycles. The zero-order valence-electron chi connectivity index (χ0n) is 13.4. The minimum absolute atomic E-state index is 0.188. The summed E-state index contributed by atoms with van der Waals surface area (Å²) in [4.78, 5) is 12.8. The molecule has 1 aromatic carbocycles. The average Bonchev–Trinajstić information content (AvgIpc) is 2.41. The van der Waals surface area contributed by atoms with E-state index in [1.165, 1.54) is 5.56 Å². The van der Waals surface area contributed by atoms with Crippen LogP contribution in [0.3, 0.4) is 0 Å². The molecule has 0 spiro atoms. The molecule has 0 unspecified atom stereocenters. The van der Waals surface area contributed by atoms with E-state index in [1.54, 1.807) is 0 Å². The summed E-state index contributed by atoms with van der Waals surface area (Å²) in [6, 6.07) is 8.26. The van der Waals surface area contributed by atoms with Crippen molar-refractivity contribution in [1.82, 2.24) is 4.90 Å². The van der Waals surface area contributed by atoms with Gasteiger partial charge in [0.2, 0.25) is 0 Å². The van der Waals surface area contributed by atoms with E-state index in [9.17, 15) is 4.79 Å². The lowest BCUT2D eigenvalue weighted by atomic mass is 10.1. The second-order valence-electron chi connectivity index (χ2n) is 6.21. The first-order chi connectivity index (χ1) is 9.80. The SMILES string of the molecule is CCN(CCC(=O)O)Cc1ccc(C#C[Si](C)(C)C)cc1. The third-order valence-corrected chi connectivity index (χ3v) is 3.91. The zero-order chi connectivity index (χ0) is 15.9. The predicted molar refractivity (Wildman–Crippen MR) is 89.9 cm³/mol. The molecular weight excluding hydrogens is 278 g/mol. The zero-order valence-corrected chi connectivity index (χ0v) is 14.4. The molecule has 21 heavy (non-hydrogen) atoms. The Labute approximate surface area is 129 Å². The van der Waals surface area contributed by atoms with Gasteiger partial charge >= 0.3 is 5.97 Å². The molecule has 1 N–H and O–H groups in total. The molecule has 4 heteroatoms. The predicted octanol–water partition coefficient (Wildman–Crippen LogP) is 3.21. The third kappa shape index (κ3) is 7.69. The monoisotopic (exact) mass is 303 g/mol. The van der Waals surface area contributed by atoms with Crippen LogP contribution < -0.4 is 0 Å². The number of hydrogen-bond donors (Lipinski definition) is 1. The van der Waals surface area contributed by atoms with Gasteiger partial charge in [-0.15, -0.1) is 5.54 Å². The number of aliphatic carboxylic acids is 1. The maximum Gasteiger partial charge on any atom is 0.304 e. The Morgan fingerprint density at radius 3 is 2.33 bits per heavy atom. The van der Waals surface area contributed by atoms with Crippen LogP contribution >= 0.6 is 0 Å². The molecule has 0 heterocycles. The van der Waals surface area contributed by atoms with Gasteiger partial charge in [0, 0.05) is 18.7 Å². The van der Waals surface area contributed by atoms with Crippen LogP contribution in [0.25, 0.3) is 0 Å². The fourth-order valence-corrected chi connectivity index (χ4v) is 2.33. The highest BCUT2D eigenvalue weighted by Gasteiger charge is 2.08. The number of carboxylic acid groups (broad SMARTS) is 1. The summed E-state index contributed by atoms with van der Waals surface area (Å²) in [7, 11) is -1.33. The van der Waals surface area contributed by atoms with Gasteiger partial charge in [-0.05, 0) is 24.2 Å². The molecule has 3 nitrogen and oxygen atoms in total. The lowest BCUT2D eigenvalue weighted by molar-refractivity contribution is -0.137. The third-order valence-electron chi connectivity index (χ3n) is 3.03. The minimum atomic E-state index is -1.33. The topological polar surface area (TPSA) is 40.5 Å². The quantitative estimate of drug-likeness (QED) is 0.648. The van der Waals surface area contributed by atoms with Crippen molar-refractivity contribution in [1.29, 1.82) is 0 Å². The highest BCUT2D eigenvalue weighted by Crippen LogP contribution is 2.08. The van der Waals surface area contributed by atoms with Gasteiger partial charge in [-0.3, -0.25) is 9.69 Å². The number of carboxylic acids is 1. The van der Waals surface area contributed by atoms with E-state index in [0.717, 1.165) is 18.7 Å². The molecule has 0 atom stereocenters. The van der Waals surface area contributed by atoms with Crippen LogP contribution in [0.15, 0.2) is 24.3 Å². The van der Waals surface area contributed by atoms with Gasteiger partial charge in [-0.25, -0.2) is 0 Å². The molecule has 0 fully saturated rings. The summed E-state index contributed by atoms with van der Waals surface area (Å²) in [5, 5.41) is 8.75. The van der Waals surface area contributed by atoms with Crippen molar-refractivity contribution >= 4 is 14.0 Å². The molecule has 0 radical (unpaired) electrons. The molecule has 0 aliphatic heterocycles. The van der Waals surface area contributed by atoms with Crippen molar-refractivity contribution in [3.63, 3.8) is 0 Å². The van der Waals surface area contributed by atoms with Crippen LogP contribution in [0, 0.1) is 11.5 Å². The van der Waals surface area contributed by atoms with Gasteiger partial charge in [0.15, 0.2) is 0 Å². The number of carbonyl (C=O) groups is 1. The van der Waals surface area contributed by atoms with Gasteiger partial charge < -0.3 is 5.11 Å². The van der Waals surface area contributed by atoms with Crippen LogP contribution in [0.5, 0.6) is 0 Å². The first-order valence-electron chi connectivity index (χ1n) is 7.36. The molecule has 1 rings (SSSR count). The van der Waals surface area contributed by atoms with E-state index in [-0.39, 0.29) is 6.42 Å². The largest absolute Gasteiger partial charge is 0.481 e. The molecule has 1 aromatic rings. The Morgan fingerprint density at radius 1 is 1.24 bits per heavy atom. The Morgan fingerprint density at radius 2 is 1.86 bits per heavy atom. The number of rotatable bonds is 6. The van der Waals surface area contributed by atoms with Crippen LogP contribution in [-0.4, -0.2) is 37.1 Å². The molecule has 0 aliphatic rings. The first-order valence-corrected chi connectivity index (χ1v) is 10.9. The molecule has 0 aliphatic carbocycles. The Hall–Kier alpha value is -1.57. The van der Waals surface area contributed by atoms with Crippen LogP contribution in [0.1, 0.15) is 24.5 Å². The summed E-state index contributed by atoms with van der Waals surface area (Å²) < 4.78 is 0.